The van der Waals surface area contributed by atoms with Crippen molar-refractivity contribution in [2.24, 2.45) is 4.99 Å². The first-order valence-corrected chi connectivity index (χ1v) is 5.08. The van der Waals surface area contributed by atoms with Crippen LogP contribution in [-0.4, -0.2) is 13.3 Å². The van der Waals surface area contributed by atoms with Gasteiger partial charge in [0, 0.05) is 6.54 Å². The molecule has 0 aromatic rings. The second kappa shape index (κ2) is 9.24. The molecule has 0 aromatic carbocycles. The molecule has 0 N–H and O–H groups in total. The van der Waals surface area contributed by atoms with E-state index in [0.717, 1.165) is 19.4 Å². The summed E-state index contributed by atoms with van der Waals surface area (Å²) in [5, 5.41) is 0. The molecule has 1 heteroatoms. The molecule has 0 amide bonds. The molecule has 0 aliphatic carbocycles. The zero-order valence-electron chi connectivity index (χ0n) is 8.92. The molecule has 13 heavy (non-hydrogen) atoms. The van der Waals surface area contributed by atoms with E-state index in [0.29, 0.717) is 0 Å². The number of hydrogen-bond acceptors (Lipinski definition) is 1. The van der Waals surface area contributed by atoms with E-state index in [2.05, 4.69) is 36.9 Å². The van der Waals surface area contributed by atoms with Crippen LogP contribution in [0.4, 0.5) is 0 Å². The molecule has 0 aliphatic rings. The first kappa shape index (κ1) is 12.2. The maximum absolute atomic E-state index is 3.85. The second-order valence-electron chi connectivity index (χ2n) is 3.15. The predicted octanol–water partition coefficient (Wildman–Crippen LogP) is 3.77. The van der Waals surface area contributed by atoms with E-state index in [1.54, 1.807) is 0 Å². The molecule has 0 saturated heterocycles. The van der Waals surface area contributed by atoms with Crippen LogP contribution in [0.15, 0.2) is 28.8 Å². The van der Waals surface area contributed by atoms with Crippen molar-refractivity contribution in [3.05, 3.63) is 23.8 Å². The lowest BCUT2D eigenvalue weighted by Gasteiger charge is -2.03. The van der Waals surface area contributed by atoms with Crippen LogP contribution >= 0.6 is 0 Å². The van der Waals surface area contributed by atoms with E-state index >= 15 is 0 Å². The van der Waals surface area contributed by atoms with Gasteiger partial charge in [0.05, 0.1) is 0 Å². The zero-order valence-corrected chi connectivity index (χ0v) is 8.92. The van der Waals surface area contributed by atoms with Crippen LogP contribution < -0.4 is 0 Å². The number of nitrogens with zero attached hydrogens (tertiary/aromatic N) is 1. The Kier molecular flexibility index (Phi) is 8.64. The molecule has 0 fully saturated rings. The van der Waals surface area contributed by atoms with Crippen LogP contribution in [0.2, 0.25) is 0 Å². The molecule has 0 spiro atoms. The number of allylic oxidation sites excluding steroid dienone is 4. The molecule has 1 nitrogen and oxygen atoms in total. The largest absolute Gasteiger partial charge is 0.301 e. The van der Waals surface area contributed by atoms with Gasteiger partial charge in [0.1, 0.15) is 0 Å². The lowest BCUT2D eigenvalue weighted by Crippen LogP contribution is -1.86. The van der Waals surface area contributed by atoms with Gasteiger partial charge in [-0.05, 0) is 32.9 Å². The Morgan fingerprint density at radius 1 is 1.38 bits per heavy atom. The third kappa shape index (κ3) is 7.51. The van der Waals surface area contributed by atoms with Crippen LogP contribution in [0.25, 0.3) is 0 Å². The fraction of sp³-hybridized carbons (Fsp3) is 0.583. The average molecular weight is 179 g/mol. The summed E-state index contributed by atoms with van der Waals surface area (Å²) in [6.45, 7) is 8.63. The van der Waals surface area contributed by atoms with Crippen LogP contribution in [0.1, 0.15) is 39.5 Å². The molecule has 0 aliphatic heterocycles. The molecule has 0 bridgehead atoms. The number of hydrogen-bond donors (Lipinski definition) is 0. The molecule has 0 aromatic heterocycles. The van der Waals surface area contributed by atoms with Gasteiger partial charge in [0.25, 0.3) is 0 Å². The molecule has 0 heterocycles. The highest BCUT2D eigenvalue weighted by molar-refractivity contribution is 5.23. The smallest absolute Gasteiger partial charge is 0.0385 e. The van der Waals surface area contributed by atoms with Crippen molar-refractivity contribution in [2.75, 3.05) is 6.54 Å². The van der Waals surface area contributed by atoms with E-state index in [9.17, 15) is 0 Å². The summed E-state index contributed by atoms with van der Waals surface area (Å²) in [6, 6.07) is 0. The molecule has 0 unspecified atom stereocenters. The summed E-state index contributed by atoms with van der Waals surface area (Å²) < 4.78 is 0. The maximum Gasteiger partial charge on any atom is 0.0385 e. The van der Waals surface area contributed by atoms with Crippen molar-refractivity contribution in [3.8, 4) is 0 Å². The van der Waals surface area contributed by atoms with Gasteiger partial charge in [-0.2, -0.15) is 0 Å². The summed E-state index contributed by atoms with van der Waals surface area (Å²) in [6.07, 6.45) is 11.1. The van der Waals surface area contributed by atoms with E-state index < -0.39 is 0 Å². The lowest BCUT2D eigenvalue weighted by molar-refractivity contribution is 0.769. The van der Waals surface area contributed by atoms with Gasteiger partial charge in [0.2, 0.25) is 0 Å². The van der Waals surface area contributed by atoms with Gasteiger partial charge >= 0.3 is 0 Å². The second-order valence-corrected chi connectivity index (χ2v) is 3.15. The summed E-state index contributed by atoms with van der Waals surface area (Å²) in [5.74, 6) is 0. The van der Waals surface area contributed by atoms with Crippen molar-refractivity contribution in [1.29, 1.82) is 0 Å². The minimum atomic E-state index is 0.886. The van der Waals surface area contributed by atoms with Gasteiger partial charge in [-0.1, -0.05) is 37.1 Å². The van der Waals surface area contributed by atoms with E-state index in [-0.39, 0.29) is 0 Å². The molecule has 74 valence electrons. The Bertz CT molecular complexity index is 178. The summed E-state index contributed by atoms with van der Waals surface area (Å²) >= 11 is 0. The van der Waals surface area contributed by atoms with Crippen molar-refractivity contribution < 1.29 is 0 Å². The van der Waals surface area contributed by atoms with Gasteiger partial charge in [-0.3, -0.25) is 0 Å². The Hall–Kier alpha value is -0.850. The fourth-order valence-corrected chi connectivity index (χ4v) is 1.26. The summed E-state index contributed by atoms with van der Waals surface area (Å²) in [7, 11) is 0. The zero-order chi connectivity index (χ0) is 9.94. The van der Waals surface area contributed by atoms with Crippen LogP contribution in [0.3, 0.4) is 0 Å². The van der Waals surface area contributed by atoms with Crippen LogP contribution in [0.5, 0.6) is 0 Å². The van der Waals surface area contributed by atoms with Gasteiger partial charge in [0.15, 0.2) is 0 Å². The average Bonchev–Trinajstić information content (AvgIpc) is 2.14. The van der Waals surface area contributed by atoms with Gasteiger partial charge < -0.3 is 4.99 Å². The quantitative estimate of drug-likeness (QED) is 0.320. The van der Waals surface area contributed by atoms with E-state index in [4.69, 9.17) is 0 Å². The molecule has 0 saturated carbocycles. The van der Waals surface area contributed by atoms with E-state index in [1.807, 2.05) is 6.92 Å². The topological polar surface area (TPSA) is 12.4 Å². The Morgan fingerprint density at radius 2 is 2.15 bits per heavy atom. The van der Waals surface area contributed by atoms with Gasteiger partial charge in [-0.15, -0.1) is 0 Å². The fourth-order valence-electron chi connectivity index (χ4n) is 1.26. The monoisotopic (exact) mass is 179 g/mol. The molecule has 0 rings (SSSR count). The van der Waals surface area contributed by atoms with Crippen molar-refractivity contribution >= 4 is 6.72 Å². The first-order valence-electron chi connectivity index (χ1n) is 5.08. The normalized spacial score (nSPS) is 12.3. The van der Waals surface area contributed by atoms with E-state index in [1.165, 1.54) is 18.4 Å². The van der Waals surface area contributed by atoms with Gasteiger partial charge in [-0.25, -0.2) is 0 Å². The SMILES string of the molecule is C=NCCC/C(=C\C=CC)CCC. The van der Waals surface area contributed by atoms with Crippen molar-refractivity contribution in [2.45, 2.75) is 39.5 Å². The highest BCUT2D eigenvalue weighted by Crippen LogP contribution is 2.12. The first-order chi connectivity index (χ1) is 6.35. The number of aliphatic imine (C=N–C) groups is 1. The predicted molar refractivity (Wildman–Crippen MR) is 61.5 cm³/mol. The number of rotatable bonds is 7. The molecule has 0 radical (unpaired) electrons. The molecular formula is C12H21N. The molecule has 0 atom stereocenters. The third-order valence-corrected chi connectivity index (χ3v) is 1.91. The minimum absolute atomic E-state index is 0.886. The minimum Gasteiger partial charge on any atom is -0.301 e. The summed E-state index contributed by atoms with van der Waals surface area (Å²) in [5.41, 5.74) is 1.53. The highest BCUT2D eigenvalue weighted by Gasteiger charge is 1.94. The highest BCUT2D eigenvalue weighted by atomic mass is 14.7. The standard InChI is InChI=1S/C12H21N/c1-4-6-9-12(8-5-2)10-7-11-13-3/h4,6,9H,3,5,7-8,10-11H2,1-2H3/b6-4?,12-9-. The van der Waals surface area contributed by atoms with Crippen LogP contribution in [0, 0.1) is 0 Å². The Labute approximate surface area is 82.3 Å². The van der Waals surface area contributed by atoms with Crippen LogP contribution in [-0.2, 0) is 0 Å². The van der Waals surface area contributed by atoms with Crippen molar-refractivity contribution in [3.63, 3.8) is 0 Å². The Morgan fingerprint density at radius 3 is 2.69 bits per heavy atom. The summed E-state index contributed by atoms with van der Waals surface area (Å²) in [4.78, 5) is 3.85. The third-order valence-electron chi connectivity index (χ3n) is 1.91. The Balaban J connectivity index is 3.85. The molecular weight excluding hydrogens is 158 g/mol. The lowest BCUT2D eigenvalue weighted by atomic mass is 10.0. The maximum atomic E-state index is 3.85. The van der Waals surface area contributed by atoms with Crippen molar-refractivity contribution in [1.82, 2.24) is 0 Å².